The highest BCUT2D eigenvalue weighted by molar-refractivity contribution is 5.80. The molecule has 18 heavy (non-hydrogen) atoms. The molecule has 4 unspecified atom stereocenters. The molecule has 0 bridgehead atoms. The highest BCUT2D eigenvalue weighted by atomic mass is 19.1. The lowest BCUT2D eigenvalue weighted by Gasteiger charge is -2.37. The van der Waals surface area contributed by atoms with Crippen LogP contribution in [0.4, 0.5) is 4.39 Å². The summed E-state index contributed by atoms with van der Waals surface area (Å²) in [6.45, 7) is 0. The van der Waals surface area contributed by atoms with Crippen LogP contribution in [0.5, 0.6) is 0 Å². The van der Waals surface area contributed by atoms with Crippen LogP contribution in [-0.2, 0) is 4.79 Å². The van der Waals surface area contributed by atoms with Gasteiger partial charge in [0.25, 0.3) is 0 Å². The summed E-state index contributed by atoms with van der Waals surface area (Å²) in [6.07, 6.45) is 8.59. The Balaban J connectivity index is 2.11. The van der Waals surface area contributed by atoms with Crippen LogP contribution < -0.4 is 11.1 Å². The van der Waals surface area contributed by atoms with Crippen LogP contribution in [0.15, 0.2) is 24.3 Å². The smallest absolute Gasteiger partial charge is 0.229 e. The fraction of sp³-hybridized carbons (Fsp3) is 0.615. The van der Waals surface area contributed by atoms with Crippen molar-refractivity contribution in [2.24, 2.45) is 11.7 Å². The van der Waals surface area contributed by atoms with Crippen LogP contribution in [0.3, 0.4) is 0 Å². The molecule has 0 aromatic rings. The summed E-state index contributed by atoms with van der Waals surface area (Å²) < 4.78 is 14.8. The number of nitrogens with two attached hydrogens (primary N) is 1. The molecule has 4 N–H and O–H groups in total. The number of nitrogens with one attached hydrogen (secondary N) is 1. The second kappa shape index (κ2) is 5.20. The Hall–Kier alpha value is -1.20. The van der Waals surface area contributed by atoms with Crippen molar-refractivity contribution in [3.8, 4) is 0 Å². The standard InChI is InChI=1S/C13H19FN2O2/c14-13(8-4-3-5-9(13)12(15)18)16-10-6-1-2-7-11(10)17/h3-5,8-11,16-17H,1-2,6-7H2,(H2,15,18). The zero-order valence-electron chi connectivity index (χ0n) is 10.2. The molecule has 2 aliphatic rings. The maximum absolute atomic E-state index is 14.8. The summed E-state index contributed by atoms with van der Waals surface area (Å²) in [5.74, 6) is -3.74. The van der Waals surface area contributed by atoms with Crippen molar-refractivity contribution < 1.29 is 14.3 Å². The minimum absolute atomic E-state index is 0.332. The molecule has 0 aromatic carbocycles. The predicted octanol–water partition coefficient (Wildman–Crippen LogP) is 0.773. The van der Waals surface area contributed by atoms with Gasteiger partial charge in [0, 0.05) is 6.04 Å². The third-order valence-electron chi connectivity index (χ3n) is 3.65. The molecule has 4 nitrogen and oxygen atoms in total. The van der Waals surface area contributed by atoms with Gasteiger partial charge in [-0.2, -0.15) is 0 Å². The molecule has 0 radical (unpaired) electrons. The number of hydrogen-bond donors (Lipinski definition) is 3. The SMILES string of the molecule is NC(=O)C1C=CC=CC1(F)NC1CCCCC1O. The fourth-order valence-electron chi connectivity index (χ4n) is 2.62. The molecule has 0 aromatic heterocycles. The molecule has 2 aliphatic carbocycles. The van der Waals surface area contributed by atoms with Gasteiger partial charge in [0.2, 0.25) is 5.91 Å². The maximum atomic E-state index is 14.8. The Bertz CT molecular complexity index is 383. The summed E-state index contributed by atoms with van der Waals surface area (Å²) in [7, 11) is 0. The van der Waals surface area contributed by atoms with Crippen LogP contribution in [0, 0.1) is 5.92 Å². The number of aliphatic hydroxyl groups excluding tert-OH is 1. The van der Waals surface area contributed by atoms with E-state index in [1.54, 1.807) is 12.2 Å². The van der Waals surface area contributed by atoms with Gasteiger partial charge in [-0.25, -0.2) is 4.39 Å². The van der Waals surface area contributed by atoms with Gasteiger partial charge < -0.3 is 10.8 Å². The number of primary amides is 1. The molecule has 100 valence electrons. The largest absolute Gasteiger partial charge is 0.392 e. The lowest BCUT2D eigenvalue weighted by Crippen LogP contribution is -2.57. The molecule has 1 amide bonds. The van der Waals surface area contributed by atoms with E-state index in [2.05, 4.69) is 5.32 Å². The third kappa shape index (κ3) is 2.62. The molecule has 5 heteroatoms. The van der Waals surface area contributed by atoms with Crippen molar-refractivity contribution in [3.05, 3.63) is 24.3 Å². The zero-order chi connectivity index (χ0) is 13.2. The number of hydrogen-bond acceptors (Lipinski definition) is 3. The topological polar surface area (TPSA) is 75.4 Å². The average Bonchev–Trinajstić information content (AvgIpc) is 2.32. The molecule has 0 spiro atoms. The van der Waals surface area contributed by atoms with Gasteiger partial charge >= 0.3 is 0 Å². The van der Waals surface area contributed by atoms with Crippen molar-refractivity contribution in [2.75, 3.05) is 0 Å². The molecule has 4 atom stereocenters. The Morgan fingerprint density at radius 3 is 2.78 bits per heavy atom. The summed E-state index contributed by atoms with van der Waals surface area (Å²) in [5.41, 5.74) is 5.22. The van der Waals surface area contributed by atoms with Crippen LogP contribution in [0.1, 0.15) is 25.7 Å². The highest BCUT2D eigenvalue weighted by Crippen LogP contribution is 2.29. The monoisotopic (exact) mass is 254 g/mol. The number of aliphatic hydroxyl groups is 1. The molecular weight excluding hydrogens is 235 g/mol. The van der Waals surface area contributed by atoms with E-state index in [1.165, 1.54) is 12.2 Å². The first kappa shape index (κ1) is 13.2. The van der Waals surface area contributed by atoms with Crippen molar-refractivity contribution in [2.45, 2.75) is 43.6 Å². The van der Waals surface area contributed by atoms with Crippen LogP contribution in [0.25, 0.3) is 0 Å². The zero-order valence-corrected chi connectivity index (χ0v) is 10.2. The van der Waals surface area contributed by atoms with Gasteiger partial charge in [0.15, 0.2) is 5.79 Å². The first-order chi connectivity index (χ1) is 8.53. The molecule has 0 saturated heterocycles. The number of halogens is 1. The van der Waals surface area contributed by atoms with Crippen molar-refractivity contribution in [1.29, 1.82) is 0 Å². The van der Waals surface area contributed by atoms with Crippen LogP contribution in [0.2, 0.25) is 0 Å². The lowest BCUT2D eigenvalue weighted by molar-refractivity contribution is -0.125. The van der Waals surface area contributed by atoms with E-state index < -0.39 is 23.7 Å². The Labute approximate surface area is 106 Å². The van der Waals surface area contributed by atoms with Gasteiger partial charge in [-0.3, -0.25) is 10.1 Å². The highest BCUT2D eigenvalue weighted by Gasteiger charge is 2.43. The van der Waals surface area contributed by atoms with Gasteiger partial charge in [-0.15, -0.1) is 0 Å². The van der Waals surface area contributed by atoms with Crippen LogP contribution >= 0.6 is 0 Å². The Kier molecular flexibility index (Phi) is 3.82. The van der Waals surface area contributed by atoms with E-state index in [9.17, 15) is 14.3 Å². The number of carbonyl (C=O) groups is 1. The van der Waals surface area contributed by atoms with E-state index in [1.807, 2.05) is 0 Å². The first-order valence-electron chi connectivity index (χ1n) is 6.33. The van der Waals surface area contributed by atoms with Crippen molar-refractivity contribution in [1.82, 2.24) is 5.32 Å². The molecule has 1 fully saturated rings. The van der Waals surface area contributed by atoms with Gasteiger partial charge in [-0.1, -0.05) is 31.1 Å². The first-order valence-corrected chi connectivity index (χ1v) is 6.33. The minimum atomic E-state index is -2.00. The number of amides is 1. The summed E-state index contributed by atoms with van der Waals surface area (Å²) in [6, 6.07) is -0.332. The number of rotatable bonds is 3. The van der Waals surface area contributed by atoms with Crippen molar-refractivity contribution in [3.63, 3.8) is 0 Å². The molecule has 0 aliphatic heterocycles. The average molecular weight is 254 g/mol. The molecule has 0 heterocycles. The quantitative estimate of drug-likeness (QED) is 0.651. The number of allylic oxidation sites excluding steroid dienone is 2. The van der Waals surface area contributed by atoms with E-state index in [4.69, 9.17) is 5.73 Å². The second-order valence-electron chi connectivity index (χ2n) is 4.99. The van der Waals surface area contributed by atoms with Gasteiger partial charge in [-0.05, 0) is 18.9 Å². The maximum Gasteiger partial charge on any atom is 0.229 e. The Morgan fingerprint density at radius 1 is 1.39 bits per heavy atom. The fourth-order valence-corrected chi connectivity index (χ4v) is 2.62. The Morgan fingerprint density at radius 2 is 2.11 bits per heavy atom. The predicted molar refractivity (Wildman–Crippen MR) is 66.2 cm³/mol. The van der Waals surface area contributed by atoms with E-state index >= 15 is 0 Å². The molecular formula is C13H19FN2O2. The van der Waals surface area contributed by atoms with E-state index in [0.29, 0.717) is 12.8 Å². The molecule has 1 saturated carbocycles. The van der Waals surface area contributed by atoms with Crippen molar-refractivity contribution >= 4 is 5.91 Å². The van der Waals surface area contributed by atoms with Gasteiger partial charge in [0.1, 0.15) is 5.92 Å². The lowest BCUT2D eigenvalue weighted by atomic mass is 9.87. The molecule has 2 rings (SSSR count). The third-order valence-corrected chi connectivity index (χ3v) is 3.65. The summed E-state index contributed by atoms with van der Waals surface area (Å²) in [5, 5.41) is 12.6. The van der Waals surface area contributed by atoms with E-state index in [-0.39, 0.29) is 6.04 Å². The number of alkyl halides is 1. The number of carbonyl (C=O) groups excluding carboxylic acids is 1. The summed E-state index contributed by atoms with van der Waals surface area (Å²) in [4.78, 5) is 11.3. The van der Waals surface area contributed by atoms with Crippen LogP contribution in [-0.4, -0.2) is 29.0 Å². The van der Waals surface area contributed by atoms with E-state index in [0.717, 1.165) is 12.8 Å². The normalized spacial score (nSPS) is 39.8. The minimum Gasteiger partial charge on any atom is -0.392 e. The second-order valence-corrected chi connectivity index (χ2v) is 4.99. The summed E-state index contributed by atoms with van der Waals surface area (Å²) >= 11 is 0. The van der Waals surface area contributed by atoms with Gasteiger partial charge in [0.05, 0.1) is 6.10 Å².